The summed E-state index contributed by atoms with van der Waals surface area (Å²) in [6.45, 7) is 3.57. The Kier molecular flexibility index (Phi) is 6.55. The Morgan fingerprint density at radius 3 is 2.76 bits per heavy atom. The maximum Gasteiger partial charge on any atom is 0.319 e. The fourth-order valence-corrected chi connectivity index (χ4v) is 8.34. The number of fused-ring (bicyclic) bond motifs is 5. The van der Waals surface area contributed by atoms with E-state index in [0.717, 1.165) is 32.2 Å². The molecule has 0 saturated carbocycles. The van der Waals surface area contributed by atoms with Gasteiger partial charge in [-0.05, 0) is 43.9 Å². The number of benzene rings is 1. The molecule has 13 heteroatoms. The standard InChI is InChI=1S/C33H35F3N8O2/c34-19-9-33(7-2-8-44(33)13-19)17-46-32-40-29-22(30(41-32)42-14-20-5-6-21(15-42)39-20)10-38-28(27(29)36)23-16-43(31(45)25-11-37-25)12-18-3-1-4-24(35)26(18)23/h1,3-4,10,16,19-21,25,37,39H,2,5-9,11-15,17H2/t19-,20?,21?,25+,33+/m1/s1. The number of alkyl halides is 1. The van der Waals surface area contributed by atoms with E-state index in [1.165, 1.54) is 17.2 Å². The molecule has 3 aromatic rings. The maximum absolute atomic E-state index is 16.9. The molecular weight excluding hydrogens is 597 g/mol. The van der Waals surface area contributed by atoms with Gasteiger partial charge in [0.2, 0.25) is 5.91 Å². The van der Waals surface area contributed by atoms with Crippen molar-refractivity contribution in [3.8, 4) is 6.01 Å². The maximum atomic E-state index is 16.9. The highest BCUT2D eigenvalue weighted by Crippen LogP contribution is 2.41. The second kappa shape index (κ2) is 10.6. The van der Waals surface area contributed by atoms with Crippen LogP contribution in [0, 0.1) is 11.6 Å². The summed E-state index contributed by atoms with van der Waals surface area (Å²) in [5.74, 6) is -0.889. The van der Waals surface area contributed by atoms with Gasteiger partial charge >= 0.3 is 6.01 Å². The molecule has 10 nitrogen and oxygen atoms in total. The molecule has 9 rings (SSSR count). The number of piperazine rings is 1. The number of amides is 1. The number of rotatable bonds is 6. The summed E-state index contributed by atoms with van der Waals surface area (Å²) >= 11 is 0. The molecule has 0 aliphatic carbocycles. The quantitative estimate of drug-likeness (QED) is 0.397. The molecule has 1 amide bonds. The minimum atomic E-state index is -0.909. The van der Waals surface area contributed by atoms with Gasteiger partial charge in [-0.1, -0.05) is 12.1 Å². The molecule has 5 fully saturated rings. The third-order valence-corrected chi connectivity index (χ3v) is 10.6. The number of ether oxygens (including phenoxy) is 1. The summed E-state index contributed by atoms with van der Waals surface area (Å²) in [6.07, 6.45) is 6.42. The molecule has 6 aliphatic heterocycles. The van der Waals surface area contributed by atoms with Gasteiger partial charge in [0.15, 0.2) is 5.82 Å². The summed E-state index contributed by atoms with van der Waals surface area (Å²) in [7, 11) is 0. The van der Waals surface area contributed by atoms with Gasteiger partial charge in [-0.25, -0.2) is 13.2 Å². The molecule has 240 valence electrons. The fourth-order valence-electron chi connectivity index (χ4n) is 8.34. The minimum absolute atomic E-state index is 0.0116. The van der Waals surface area contributed by atoms with E-state index in [-0.39, 0.29) is 53.5 Å². The second-order valence-corrected chi connectivity index (χ2v) is 13.7. The fraction of sp³-hybridized carbons (Fsp3) is 0.515. The lowest BCUT2D eigenvalue weighted by Gasteiger charge is -2.34. The molecule has 46 heavy (non-hydrogen) atoms. The zero-order valence-corrected chi connectivity index (χ0v) is 25.3. The van der Waals surface area contributed by atoms with Crippen LogP contribution in [0.5, 0.6) is 6.01 Å². The molecule has 8 heterocycles. The molecule has 2 unspecified atom stereocenters. The van der Waals surface area contributed by atoms with Crippen LogP contribution in [0.3, 0.4) is 0 Å². The van der Waals surface area contributed by atoms with Gasteiger partial charge in [0.1, 0.15) is 35.6 Å². The number of hydrogen-bond donors (Lipinski definition) is 2. The number of nitrogens with one attached hydrogen (secondary N) is 2. The lowest BCUT2D eigenvalue weighted by Crippen LogP contribution is -2.51. The van der Waals surface area contributed by atoms with Gasteiger partial charge in [0, 0.05) is 68.2 Å². The Morgan fingerprint density at radius 1 is 1.13 bits per heavy atom. The van der Waals surface area contributed by atoms with Crippen molar-refractivity contribution >= 4 is 28.2 Å². The number of aromatic nitrogens is 3. The van der Waals surface area contributed by atoms with E-state index in [2.05, 4.69) is 30.4 Å². The molecule has 5 atom stereocenters. The number of anilines is 1. The van der Waals surface area contributed by atoms with E-state index in [0.29, 0.717) is 61.5 Å². The van der Waals surface area contributed by atoms with Crippen LogP contribution in [0.15, 0.2) is 30.6 Å². The van der Waals surface area contributed by atoms with Gasteiger partial charge in [0.25, 0.3) is 0 Å². The van der Waals surface area contributed by atoms with Gasteiger partial charge in [-0.2, -0.15) is 9.97 Å². The predicted octanol–water partition coefficient (Wildman–Crippen LogP) is 2.90. The number of halogens is 3. The molecule has 1 aromatic carbocycles. The topological polar surface area (TPSA) is 109 Å². The largest absolute Gasteiger partial charge is 0.461 e. The molecule has 5 saturated heterocycles. The predicted molar refractivity (Wildman–Crippen MR) is 164 cm³/mol. The monoisotopic (exact) mass is 632 g/mol. The van der Waals surface area contributed by atoms with Crippen LogP contribution in [0.1, 0.15) is 48.9 Å². The molecule has 2 N–H and O–H groups in total. The van der Waals surface area contributed by atoms with Crippen LogP contribution in [0.4, 0.5) is 19.0 Å². The van der Waals surface area contributed by atoms with Crippen LogP contribution < -0.4 is 20.3 Å². The highest BCUT2D eigenvalue weighted by atomic mass is 19.1. The Bertz CT molecular complexity index is 1770. The Labute approximate surface area is 264 Å². The third kappa shape index (κ3) is 4.65. The first-order chi connectivity index (χ1) is 22.3. The second-order valence-electron chi connectivity index (χ2n) is 13.7. The summed E-state index contributed by atoms with van der Waals surface area (Å²) in [5.41, 5.74) is 0.447. The SMILES string of the molecule is O=C([C@@H]1CN1)N1C=C(c2ncc3c(N4CC5CCC(C4)N5)nc(OC[C@@]45CCCN4C[C@H](F)C5)nc3c2F)c2c(F)cccc2C1. The number of pyridine rings is 1. The van der Waals surface area contributed by atoms with Crippen molar-refractivity contribution in [1.29, 1.82) is 0 Å². The number of carbonyl (C=O) groups is 1. The van der Waals surface area contributed by atoms with E-state index < -0.39 is 23.3 Å². The van der Waals surface area contributed by atoms with Crippen LogP contribution in [0.2, 0.25) is 0 Å². The first-order valence-electron chi connectivity index (χ1n) is 16.3. The van der Waals surface area contributed by atoms with E-state index in [9.17, 15) is 9.18 Å². The first-order valence-corrected chi connectivity index (χ1v) is 16.3. The molecular formula is C33H35F3N8O2. The zero-order chi connectivity index (χ0) is 31.2. The first kappa shape index (κ1) is 28.4. The number of nitrogens with zero attached hydrogens (tertiary/aromatic N) is 6. The smallest absolute Gasteiger partial charge is 0.319 e. The third-order valence-electron chi connectivity index (χ3n) is 10.6. The molecule has 2 aromatic heterocycles. The van der Waals surface area contributed by atoms with Crippen molar-refractivity contribution in [2.75, 3.05) is 44.2 Å². The minimum Gasteiger partial charge on any atom is -0.461 e. The van der Waals surface area contributed by atoms with Gasteiger partial charge in [0.05, 0.1) is 23.5 Å². The summed E-state index contributed by atoms with van der Waals surface area (Å²) in [6, 6.07) is 4.96. The van der Waals surface area contributed by atoms with Crippen LogP contribution in [-0.4, -0.2) is 99.8 Å². The van der Waals surface area contributed by atoms with Gasteiger partial charge in [-0.15, -0.1) is 0 Å². The Morgan fingerprint density at radius 2 is 1.96 bits per heavy atom. The molecule has 0 radical (unpaired) electrons. The number of hydrogen-bond acceptors (Lipinski definition) is 9. The van der Waals surface area contributed by atoms with Crippen molar-refractivity contribution in [3.05, 3.63) is 59.1 Å². The van der Waals surface area contributed by atoms with Crippen molar-refractivity contribution in [2.24, 2.45) is 0 Å². The number of carbonyl (C=O) groups excluding carboxylic acids is 1. The Balaban J connectivity index is 1.15. The zero-order valence-electron chi connectivity index (χ0n) is 25.3. The molecule has 6 aliphatic rings. The van der Waals surface area contributed by atoms with E-state index >= 15 is 8.78 Å². The summed E-state index contributed by atoms with van der Waals surface area (Å²) in [4.78, 5) is 32.8. The van der Waals surface area contributed by atoms with Crippen molar-refractivity contribution in [2.45, 2.75) is 68.5 Å². The van der Waals surface area contributed by atoms with E-state index in [1.54, 1.807) is 18.3 Å². The lowest BCUT2D eigenvalue weighted by atomic mass is 9.93. The average molecular weight is 633 g/mol. The highest BCUT2D eigenvalue weighted by molar-refractivity contribution is 5.95. The van der Waals surface area contributed by atoms with Crippen LogP contribution in [-0.2, 0) is 11.3 Å². The Hall–Kier alpha value is -3.81. The van der Waals surface area contributed by atoms with Gasteiger partial charge < -0.3 is 25.2 Å². The van der Waals surface area contributed by atoms with E-state index in [4.69, 9.17) is 9.72 Å². The summed E-state index contributed by atoms with van der Waals surface area (Å²) < 4.78 is 53.0. The summed E-state index contributed by atoms with van der Waals surface area (Å²) in [5, 5.41) is 7.06. The average Bonchev–Trinajstić information content (AvgIpc) is 3.66. The molecule has 0 spiro atoms. The van der Waals surface area contributed by atoms with E-state index in [1.807, 2.05) is 0 Å². The van der Waals surface area contributed by atoms with Crippen molar-refractivity contribution in [3.63, 3.8) is 0 Å². The lowest BCUT2D eigenvalue weighted by molar-refractivity contribution is -0.128. The van der Waals surface area contributed by atoms with Crippen LogP contribution >= 0.6 is 0 Å². The highest BCUT2D eigenvalue weighted by Gasteiger charge is 2.49. The van der Waals surface area contributed by atoms with Crippen LogP contribution in [0.25, 0.3) is 16.5 Å². The van der Waals surface area contributed by atoms with Crippen molar-refractivity contribution in [1.82, 2.24) is 35.4 Å². The van der Waals surface area contributed by atoms with Gasteiger partial charge in [-0.3, -0.25) is 14.7 Å². The molecule has 2 bridgehead atoms. The van der Waals surface area contributed by atoms with Crippen molar-refractivity contribution < 1.29 is 22.7 Å². The normalized spacial score (nSPS) is 30.0.